The van der Waals surface area contributed by atoms with Gasteiger partial charge in [-0.1, -0.05) is 0 Å². The smallest absolute Gasteiger partial charge is 0.264 e. The molecular weight excluding hydrogens is 301 g/mol. The molecule has 3 rings (SSSR count). The molecule has 6 nitrogen and oxygen atoms in total. The van der Waals surface area contributed by atoms with Crippen LogP contribution in [-0.4, -0.2) is 32.5 Å². The number of rotatable bonds is 3. The van der Waals surface area contributed by atoms with Gasteiger partial charge < -0.3 is 4.74 Å². The minimum absolute atomic E-state index is 0.000746. The van der Waals surface area contributed by atoms with Crippen molar-refractivity contribution in [2.45, 2.75) is 6.04 Å². The van der Waals surface area contributed by atoms with Crippen molar-refractivity contribution in [3.8, 4) is 5.75 Å². The zero-order valence-corrected chi connectivity index (χ0v) is 11.9. The molecule has 1 aromatic heterocycles. The first-order chi connectivity index (χ1) is 9.87. The predicted octanol–water partition coefficient (Wildman–Crippen LogP) is 1.05. The van der Waals surface area contributed by atoms with Gasteiger partial charge in [-0.15, -0.1) is 0 Å². The van der Waals surface area contributed by atoms with Gasteiger partial charge in [0.2, 0.25) is 0 Å². The Morgan fingerprint density at radius 2 is 2.10 bits per heavy atom. The molecule has 0 unspecified atom stereocenters. The van der Waals surface area contributed by atoms with E-state index in [0.29, 0.717) is 10.9 Å². The lowest BCUT2D eigenvalue weighted by molar-refractivity contribution is 0.168. The molecular formula is C13H12FNO5S. The molecule has 0 fully saturated rings. The Hall–Kier alpha value is -1.93. The second-order valence-corrected chi connectivity index (χ2v) is 6.45. The first-order valence-electron chi connectivity index (χ1n) is 6.18. The maximum absolute atomic E-state index is 13.8. The topological polar surface area (TPSA) is 74.6 Å². The SMILES string of the molecule is CS(=O)(=O)OC[C@@H]1COc2c(F)ccc3ccc(=O)n1c23. The highest BCUT2D eigenvalue weighted by atomic mass is 32.2. The molecule has 2 aromatic rings. The molecule has 0 saturated carbocycles. The van der Waals surface area contributed by atoms with E-state index in [9.17, 15) is 17.6 Å². The summed E-state index contributed by atoms with van der Waals surface area (Å²) >= 11 is 0. The lowest BCUT2D eigenvalue weighted by atomic mass is 10.1. The van der Waals surface area contributed by atoms with Crippen LogP contribution in [0.5, 0.6) is 5.75 Å². The van der Waals surface area contributed by atoms with Crippen molar-refractivity contribution in [2.24, 2.45) is 0 Å². The molecule has 1 aliphatic rings. The van der Waals surface area contributed by atoms with Crippen molar-refractivity contribution in [3.63, 3.8) is 0 Å². The average molecular weight is 313 g/mol. The second kappa shape index (κ2) is 4.81. The lowest BCUT2D eigenvalue weighted by Gasteiger charge is -2.27. The van der Waals surface area contributed by atoms with Crippen LogP contribution in [0, 0.1) is 5.82 Å². The van der Waals surface area contributed by atoms with Crippen molar-refractivity contribution in [1.82, 2.24) is 4.57 Å². The summed E-state index contributed by atoms with van der Waals surface area (Å²) in [5, 5.41) is 0.634. The van der Waals surface area contributed by atoms with E-state index in [2.05, 4.69) is 0 Å². The Labute approximate surface area is 119 Å². The molecule has 0 aliphatic carbocycles. The van der Waals surface area contributed by atoms with Crippen LogP contribution in [0.4, 0.5) is 4.39 Å². The molecule has 0 bridgehead atoms. The van der Waals surface area contributed by atoms with Crippen LogP contribution in [0.1, 0.15) is 6.04 Å². The molecule has 0 radical (unpaired) electrons. The van der Waals surface area contributed by atoms with E-state index in [1.807, 2.05) is 0 Å². The summed E-state index contributed by atoms with van der Waals surface area (Å²) in [6.07, 6.45) is 0.924. The van der Waals surface area contributed by atoms with Gasteiger partial charge in [0.25, 0.3) is 15.7 Å². The first-order valence-corrected chi connectivity index (χ1v) is 7.99. The summed E-state index contributed by atoms with van der Waals surface area (Å²) in [4.78, 5) is 12.1. The number of ether oxygens (including phenoxy) is 1. The van der Waals surface area contributed by atoms with E-state index in [0.717, 1.165) is 6.26 Å². The summed E-state index contributed by atoms with van der Waals surface area (Å²) in [6, 6.07) is 5.08. The highest BCUT2D eigenvalue weighted by Crippen LogP contribution is 2.33. The van der Waals surface area contributed by atoms with Gasteiger partial charge in [0, 0.05) is 11.5 Å². The van der Waals surface area contributed by atoms with Crippen molar-refractivity contribution < 1.29 is 21.7 Å². The molecule has 1 aromatic carbocycles. The Morgan fingerprint density at radius 3 is 2.81 bits per heavy atom. The Balaban J connectivity index is 2.16. The third-order valence-corrected chi connectivity index (χ3v) is 3.82. The Morgan fingerprint density at radius 1 is 1.38 bits per heavy atom. The van der Waals surface area contributed by atoms with Gasteiger partial charge in [-0.3, -0.25) is 13.5 Å². The van der Waals surface area contributed by atoms with Gasteiger partial charge in [0.05, 0.1) is 24.4 Å². The van der Waals surface area contributed by atoms with Crippen molar-refractivity contribution in [3.05, 3.63) is 40.4 Å². The van der Waals surface area contributed by atoms with Crippen LogP contribution in [0.3, 0.4) is 0 Å². The van der Waals surface area contributed by atoms with Crippen molar-refractivity contribution in [1.29, 1.82) is 0 Å². The van der Waals surface area contributed by atoms with Crippen LogP contribution >= 0.6 is 0 Å². The van der Waals surface area contributed by atoms with Crippen molar-refractivity contribution in [2.75, 3.05) is 19.5 Å². The molecule has 112 valence electrons. The number of aromatic nitrogens is 1. The largest absolute Gasteiger partial charge is 0.486 e. The normalized spacial score (nSPS) is 17.7. The predicted molar refractivity (Wildman–Crippen MR) is 73.5 cm³/mol. The van der Waals surface area contributed by atoms with Crippen LogP contribution in [0.2, 0.25) is 0 Å². The quantitative estimate of drug-likeness (QED) is 0.792. The highest BCUT2D eigenvalue weighted by Gasteiger charge is 2.26. The number of nitrogens with zero attached hydrogens (tertiary/aromatic N) is 1. The highest BCUT2D eigenvalue weighted by molar-refractivity contribution is 7.85. The maximum atomic E-state index is 13.8. The lowest BCUT2D eigenvalue weighted by Crippen LogP contribution is -2.35. The summed E-state index contributed by atoms with van der Waals surface area (Å²) in [5.74, 6) is -0.565. The fourth-order valence-corrected chi connectivity index (χ4v) is 2.78. The number of halogens is 1. The van der Waals surface area contributed by atoms with Gasteiger partial charge in [-0.25, -0.2) is 4.39 Å². The van der Waals surface area contributed by atoms with Gasteiger partial charge in [-0.05, 0) is 18.2 Å². The number of hydrogen-bond acceptors (Lipinski definition) is 5. The minimum Gasteiger partial charge on any atom is -0.486 e. The van der Waals surface area contributed by atoms with Crippen LogP contribution < -0.4 is 10.3 Å². The third-order valence-electron chi connectivity index (χ3n) is 3.26. The molecule has 8 heteroatoms. The van der Waals surface area contributed by atoms with Crippen molar-refractivity contribution >= 4 is 21.0 Å². The Kier molecular flexibility index (Phi) is 3.22. The summed E-state index contributed by atoms with van der Waals surface area (Å²) in [7, 11) is -3.64. The maximum Gasteiger partial charge on any atom is 0.264 e. The summed E-state index contributed by atoms with van der Waals surface area (Å²) in [5.41, 5.74) is -0.0457. The zero-order chi connectivity index (χ0) is 15.2. The second-order valence-electron chi connectivity index (χ2n) is 4.81. The van der Waals surface area contributed by atoms with E-state index in [1.54, 1.807) is 6.07 Å². The third kappa shape index (κ3) is 2.52. The molecule has 0 spiro atoms. The van der Waals surface area contributed by atoms with Gasteiger partial charge in [-0.2, -0.15) is 8.42 Å². The average Bonchev–Trinajstić information content (AvgIpc) is 2.42. The molecule has 21 heavy (non-hydrogen) atoms. The number of hydrogen-bond donors (Lipinski definition) is 0. The Bertz CT molecular complexity index is 874. The molecule has 1 aliphatic heterocycles. The molecule has 0 saturated heterocycles. The van der Waals surface area contributed by atoms with Gasteiger partial charge >= 0.3 is 0 Å². The zero-order valence-electron chi connectivity index (χ0n) is 11.1. The van der Waals surface area contributed by atoms with E-state index >= 15 is 0 Å². The number of pyridine rings is 1. The van der Waals surface area contributed by atoms with E-state index < -0.39 is 22.0 Å². The molecule has 1 atom stereocenters. The van der Waals surface area contributed by atoms with Gasteiger partial charge in [0.1, 0.15) is 6.61 Å². The van der Waals surface area contributed by atoms with Gasteiger partial charge in [0.15, 0.2) is 11.6 Å². The van der Waals surface area contributed by atoms with E-state index in [-0.39, 0.29) is 24.5 Å². The van der Waals surface area contributed by atoms with Crippen LogP contribution in [-0.2, 0) is 14.3 Å². The molecule has 2 heterocycles. The fourth-order valence-electron chi connectivity index (χ4n) is 2.37. The monoisotopic (exact) mass is 313 g/mol. The molecule has 0 N–H and O–H groups in total. The van der Waals surface area contributed by atoms with Crippen LogP contribution in [0.25, 0.3) is 10.9 Å². The van der Waals surface area contributed by atoms with E-state index in [4.69, 9.17) is 8.92 Å². The fraction of sp³-hybridized carbons (Fsp3) is 0.308. The molecule has 0 amide bonds. The summed E-state index contributed by atoms with van der Waals surface area (Å²) < 4.78 is 47.4. The minimum atomic E-state index is -3.64. The van der Waals surface area contributed by atoms with E-state index in [1.165, 1.54) is 22.8 Å². The number of benzene rings is 1. The first kappa shape index (κ1) is 14.0. The summed E-state index contributed by atoms with van der Waals surface area (Å²) in [6.45, 7) is -0.281. The van der Waals surface area contributed by atoms with Crippen LogP contribution in [0.15, 0.2) is 29.1 Å². The standard InChI is InChI=1S/C13H12FNO5S/c1-21(17,18)20-7-9-6-19-13-10(14)4-2-8-3-5-11(16)15(9)12(8)13/h2-5,9H,6-7H2,1H3/t9-/m0/s1.